The highest BCUT2D eigenvalue weighted by Gasteiger charge is 2.38. The largest absolute Gasteiger partial charge is 0.434 e. The highest BCUT2D eigenvalue weighted by atomic mass is 35.5. The van der Waals surface area contributed by atoms with Gasteiger partial charge in [0.1, 0.15) is 0 Å². The summed E-state index contributed by atoms with van der Waals surface area (Å²) in [5.74, 6) is 0. The molecule has 2 unspecified atom stereocenters. The molecule has 2 atom stereocenters. The number of thiazole rings is 1. The van der Waals surface area contributed by atoms with Gasteiger partial charge in [-0.25, -0.2) is 4.98 Å². The molecule has 1 fully saturated rings. The summed E-state index contributed by atoms with van der Waals surface area (Å²) in [5, 5.41) is 0.460. The fourth-order valence-electron chi connectivity index (χ4n) is 2.79. The van der Waals surface area contributed by atoms with Crippen LogP contribution < -0.4 is 5.73 Å². The lowest BCUT2D eigenvalue weighted by atomic mass is 9.97. The molecule has 0 aliphatic carbocycles. The van der Waals surface area contributed by atoms with E-state index < -0.39 is 11.9 Å². The third kappa shape index (κ3) is 4.55. The number of likely N-dealkylation sites (tertiary alicyclic amines) is 1. The normalized spacial score (nSPS) is 21.9. The van der Waals surface area contributed by atoms with Crippen LogP contribution in [0.1, 0.15) is 41.8 Å². The Morgan fingerprint density at radius 1 is 1.43 bits per heavy atom. The first-order valence-electron chi connectivity index (χ1n) is 6.82. The van der Waals surface area contributed by atoms with Crippen molar-refractivity contribution in [2.24, 2.45) is 5.73 Å². The number of alkyl halides is 3. The highest BCUT2D eigenvalue weighted by Crippen LogP contribution is 2.35. The predicted molar refractivity (Wildman–Crippen MR) is 80.8 cm³/mol. The number of hydrogen-bond donors (Lipinski definition) is 1. The van der Waals surface area contributed by atoms with Gasteiger partial charge in [0.15, 0.2) is 5.69 Å². The average molecular weight is 344 g/mol. The summed E-state index contributed by atoms with van der Waals surface area (Å²) in [6.07, 6.45) is -1.31. The first-order valence-corrected chi connectivity index (χ1v) is 7.64. The van der Waals surface area contributed by atoms with E-state index in [1.54, 1.807) is 6.92 Å². The van der Waals surface area contributed by atoms with Crippen LogP contribution >= 0.6 is 23.7 Å². The summed E-state index contributed by atoms with van der Waals surface area (Å²) < 4.78 is 38.9. The van der Waals surface area contributed by atoms with Crippen molar-refractivity contribution in [3.05, 3.63) is 15.6 Å². The van der Waals surface area contributed by atoms with Gasteiger partial charge >= 0.3 is 6.18 Å². The first-order chi connectivity index (χ1) is 9.29. The maximum atomic E-state index is 13.0. The average Bonchev–Trinajstić information content (AvgIpc) is 2.70. The molecule has 0 saturated carbocycles. The van der Waals surface area contributed by atoms with Crippen molar-refractivity contribution >= 4 is 23.7 Å². The Morgan fingerprint density at radius 3 is 2.67 bits per heavy atom. The second-order valence-corrected chi connectivity index (χ2v) is 6.68. The van der Waals surface area contributed by atoms with Crippen LogP contribution in [0.4, 0.5) is 13.2 Å². The zero-order valence-electron chi connectivity index (χ0n) is 12.1. The van der Waals surface area contributed by atoms with Crippen LogP contribution in [0.25, 0.3) is 0 Å². The van der Waals surface area contributed by atoms with Gasteiger partial charge in [-0.05, 0) is 33.2 Å². The second kappa shape index (κ2) is 7.26. The van der Waals surface area contributed by atoms with Crippen LogP contribution in [0.3, 0.4) is 0 Å². The number of piperidine rings is 1. The molecule has 0 amide bonds. The molecule has 0 radical (unpaired) electrons. The molecular weight excluding hydrogens is 323 g/mol. The smallest absolute Gasteiger partial charge is 0.327 e. The van der Waals surface area contributed by atoms with Crippen molar-refractivity contribution in [1.29, 1.82) is 0 Å². The Bertz CT molecular complexity index is 462. The van der Waals surface area contributed by atoms with Crippen LogP contribution in [0.15, 0.2) is 0 Å². The number of aryl methyl sites for hydroxylation is 1. The molecule has 21 heavy (non-hydrogen) atoms. The van der Waals surface area contributed by atoms with Gasteiger partial charge in [-0.15, -0.1) is 23.7 Å². The molecule has 1 saturated heterocycles. The van der Waals surface area contributed by atoms with Crippen molar-refractivity contribution in [1.82, 2.24) is 9.88 Å². The number of halogens is 4. The molecule has 1 aromatic rings. The lowest BCUT2D eigenvalue weighted by Crippen LogP contribution is -2.48. The minimum Gasteiger partial charge on any atom is -0.327 e. The van der Waals surface area contributed by atoms with E-state index >= 15 is 0 Å². The molecule has 1 aromatic heterocycles. The van der Waals surface area contributed by atoms with Crippen LogP contribution in [-0.4, -0.2) is 28.5 Å². The van der Waals surface area contributed by atoms with Gasteiger partial charge in [0.2, 0.25) is 0 Å². The molecule has 2 N–H and O–H groups in total. The summed E-state index contributed by atoms with van der Waals surface area (Å²) in [7, 11) is 0. The maximum absolute atomic E-state index is 13.0. The molecule has 1 aliphatic heterocycles. The number of nitrogens with zero attached hydrogens (tertiary/aromatic N) is 2. The number of rotatable bonds is 3. The van der Waals surface area contributed by atoms with Gasteiger partial charge in [-0.2, -0.15) is 13.2 Å². The molecule has 122 valence electrons. The quantitative estimate of drug-likeness (QED) is 0.911. The molecular formula is C13H21ClF3N3S. The van der Waals surface area contributed by atoms with Gasteiger partial charge in [0.25, 0.3) is 0 Å². The van der Waals surface area contributed by atoms with E-state index in [0.717, 1.165) is 37.1 Å². The molecule has 0 spiro atoms. The van der Waals surface area contributed by atoms with Gasteiger partial charge < -0.3 is 5.73 Å². The lowest BCUT2D eigenvalue weighted by Gasteiger charge is -2.37. The van der Waals surface area contributed by atoms with E-state index in [9.17, 15) is 13.2 Å². The monoisotopic (exact) mass is 343 g/mol. The summed E-state index contributed by atoms with van der Waals surface area (Å²) in [6.45, 7) is 4.64. The van der Waals surface area contributed by atoms with Crippen LogP contribution in [0.2, 0.25) is 0 Å². The maximum Gasteiger partial charge on any atom is 0.434 e. The van der Waals surface area contributed by atoms with Crippen LogP contribution in [0, 0.1) is 6.92 Å². The fourth-order valence-corrected chi connectivity index (χ4v) is 3.77. The number of aromatic nitrogens is 1. The molecule has 0 aromatic carbocycles. The molecule has 0 bridgehead atoms. The summed E-state index contributed by atoms with van der Waals surface area (Å²) in [6, 6.07) is 0.130. The minimum absolute atomic E-state index is 0. The third-order valence-corrected chi connectivity index (χ3v) is 4.65. The van der Waals surface area contributed by atoms with Gasteiger partial charge in [0, 0.05) is 18.6 Å². The Labute approximate surface area is 133 Å². The zero-order valence-corrected chi connectivity index (χ0v) is 13.7. The highest BCUT2D eigenvalue weighted by molar-refractivity contribution is 7.11. The molecule has 2 heterocycles. The standard InChI is InChI=1S/C13H20F3N3S.ClH/c1-8(17)10-5-3-4-6-19(10)7-11-12(13(14,15)16)18-9(2)20-11;/h8,10H,3-7,17H2,1-2H3;1H. The number of nitrogens with two attached hydrogens (primary N) is 1. The third-order valence-electron chi connectivity index (χ3n) is 3.69. The van der Waals surface area contributed by atoms with E-state index in [1.807, 2.05) is 6.92 Å². The van der Waals surface area contributed by atoms with E-state index in [-0.39, 0.29) is 24.5 Å². The number of hydrogen-bond acceptors (Lipinski definition) is 4. The van der Waals surface area contributed by atoms with Crippen LogP contribution in [-0.2, 0) is 12.7 Å². The minimum atomic E-state index is -4.38. The Kier molecular flexibility index (Phi) is 6.46. The van der Waals surface area contributed by atoms with Crippen LogP contribution in [0.5, 0.6) is 0 Å². The Balaban J connectivity index is 0.00000220. The molecule has 3 nitrogen and oxygen atoms in total. The summed E-state index contributed by atoms with van der Waals surface area (Å²) >= 11 is 1.14. The van der Waals surface area contributed by atoms with Crippen molar-refractivity contribution in [3.63, 3.8) is 0 Å². The van der Waals surface area contributed by atoms with E-state index in [2.05, 4.69) is 9.88 Å². The van der Waals surface area contributed by atoms with E-state index in [0.29, 0.717) is 16.4 Å². The van der Waals surface area contributed by atoms with Crippen molar-refractivity contribution < 1.29 is 13.2 Å². The fraction of sp³-hybridized carbons (Fsp3) is 0.769. The van der Waals surface area contributed by atoms with Crippen molar-refractivity contribution in [2.75, 3.05) is 6.54 Å². The molecule has 8 heteroatoms. The van der Waals surface area contributed by atoms with E-state index in [1.165, 1.54) is 0 Å². The lowest BCUT2D eigenvalue weighted by molar-refractivity contribution is -0.141. The molecule has 2 rings (SSSR count). The first kappa shape index (κ1) is 18.7. The SMILES string of the molecule is Cc1nc(C(F)(F)F)c(CN2CCCCC2C(C)N)s1.Cl. The summed E-state index contributed by atoms with van der Waals surface area (Å²) in [5.41, 5.74) is 5.24. The zero-order chi connectivity index (χ0) is 14.9. The van der Waals surface area contributed by atoms with Gasteiger partial charge in [-0.1, -0.05) is 6.42 Å². The van der Waals surface area contributed by atoms with Crippen molar-refractivity contribution in [3.8, 4) is 0 Å². The van der Waals surface area contributed by atoms with E-state index in [4.69, 9.17) is 5.73 Å². The Morgan fingerprint density at radius 2 is 2.10 bits per heavy atom. The second-order valence-electron chi connectivity index (χ2n) is 5.40. The topological polar surface area (TPSA) is 42.2 Å². The Hall–Kier alpha value is -0.370. The summed E-state index contributed by atoms with van der Waals surface area (Å²) in [4.78, 5) is 6.04. The molecule has 1 aliphatic rings. The predicted octanol–water partition coefficient (Wildman–Crippen LogP) is 3.59. The van der Waals surface area contributed by atoms with Crippen molar-refractivity contribution in [2.45, 2.75) is 57.9 Å². The van der Waals surface area contributed by atoms with Gasteiger partial charge in [-0.3, -0.25) is 4.90 Å². The van der Waals surface area contributed by atoms with Gasteiger partial charge in [0.05, 0.1) is 9.88 Å².